The zero-order valence-corrected chi connectivity index (χ0v) is 18.3. The Morgan fingerprint density at radius 2 is 1.59 bits per heavy atom. The minimum absolute atomic E-state index is 0.0790. The van der Waals surface area contributed by atoms with Crippen LogP contribution < -0.4 is 9.62 Å². The molecule has 0 aromatic heterocycles. The Bertz CT molecular complexity index is 894. The molecule has 27 heavy (non-hydrogen) atoms. The summed E-state index contributed by atoms with van der Waals surface area (Å²) in [6.07, 6.45) is 0. The van der Waals surface area contributed by atoms with Gasteiger partial charge in [0.05, 0.1) is 4.90 Å². The lowest BCUT2D eigenvalue weighted by molar-refractivity contribution is 0.299. The molecule has 0 aliphatic rings. The molecule has 0 radical (unpaired) electrons. The number of nitrogens with one attached hydrogen (secondary N) is 1. The Kier molecular flexibility index (Phi) is 6.92. The van der Waals surface area contributed by atoms with Gasteiger partial charge in [0.25, 0.3) is 0 Å². The molecular weight excluding hydrogens is 382 g/mol. The number of hydrogen-bond donors (Lipinski definition) is 1. The second-order valence-corrected chi connectivity index (χ2v) is 9.33. The maximum atomic E-state index is 12.8. The summed E-state index contributed by atoms with van der Waals surface area (Å²) in [6, 6.07) is 11.4. The molecule has 0 spiro atoms. The van der Waals surface area contributed by atoms with Crippen LogP contribution in [-0.4, -0.2) is 48.1 Å². The number of benzene rings is 2. The molecule has 0 aliphatic carbocycles. The highest BCUT2D eigenvalue weighted by molar-refractivity contribution is 7.89. The topological polar surface area (TPSA) is 52.7 Å². The van der Waals surface area contributed by atoms with Crippen LogP contribution in [0, 0.1) is 13.8 Å². The predicted molar refractivity (Wildman–Crippen MR) is 113 cm³/mol. The first-order valence-corrected chi connectivity index (χ1v) is 10.6. The average Bonchev–Trinajstić information content (AvgIpc) is 2.58. The Labute approximate surface area is 168 Å². The van der Waals surface area contributed by atoms with E-state index in [9.17, 15) is 8.42 Å². The summed E-state index contributed by atoms with van der Waals surface area (Å²) in [7, 11) is 4.23. The summed E-state index contributed by atoms with van der Waals surface area (Å²) in [4.78, 5) is 4.31. The first kappa shape index (κ1) is 21.7. The first-order valence-electron chi connectivity index (χ1n) is 8.73. The fraction of sp³-hybridized carbons (Fsp3) is 0.400. The molecule has 0 heterocycles. The highest BCUT2D eigenvalue weighted by atomic mass is 35.5. The average molecular weight is 410 g/mol. The molecule has 5 nitrogen and oxygen atoms in total. The number of sulfonamides is 1. The van der Waals surface area contributed by atoms with Gasteiger partial charge in [0.1, 0.15) is 0 Å². The number of halogens is 1. The third-order valence-corrected chi connectivity index (χ3v) is 6.60. The molecular formula is C20H28ClN3O2S. The lowest BCUT2D eigenvalue weighted by atomic mass is 10.1. The van der Waals surface area contributed by atoms with Gasteiger partial charge in [-0.15, -0.1) is 0 Å². The van der Waals surface area contributed by atoms with E-state index in [2.05, 4.69) is 4.72 Å². The summed E-state index contributed by atoms with van der Waals surface area (Å²) in [5.74, 6) is 0. The lowest BCUT2D eigenvalue weighted by Crippen LogP contribution is -2.34. The van der Waals surface area contributed by atoms with Crippen LogP contribution in [-0.2, 0) is 10.0 Å². The van der Waals surface area contributed by atoms with Crippen molar-refractivity contribution in [3.05, 3.63) is 58.1 Å². The van der Waals surface area contributed by atoms with E-state index in [0.29, 0.717) is 10.6 Å². The molecule has 0 aliphatic heterocycles. The van der Waals surface area contributed by atoms with Gasteiger partial charge in [-0.1, -0.05) is 23.7 Å². The van der Waals surface area contributed by atoms with Crippen molar-refractivity contribution in [2.24, 2.45) is 0 Å². The smallest absolute Gasteiger partial charge is 0.240 e. The Hall–Kier alpha value is -1.60. The van der Waals surface area contributed by atoms with Crippen molar-refractivity contribution in [2.75, 3.05) is 39.6 Å². The van der Waals surface area contributed by atoms with E-state index in [1.54, 1.807) is 26.0 Å². The van der Waals surface area contributed by atoms with Gasteiger partial charge in [0, 0.05) is 37.4 Å². The van der Waals surface area contributed by atoms with Crippen LogP contribution in [0.1, 0.15) is 22.7 Å². The minimum atomic E-state index is -3.63. The second kappa shape index (κ2) is 8.61. The molecule has 7 heteroatoms. The Morgan fingerprint density at radius 3 is 2.11 bits per heavy atom. The fourth-order valence-corrected chi connectivity index (χ4v) is 4.47. The summed E-state index contributed by atoms with van der Waals surface area (Å²) < 4.78 is 28.4. The lowest BCUT2D eigenvalue weighted by Gasteiger charge is -2.26. The van der Waals surface area contributed by atoms with Crippen LogP contribution in [0.5, 0.6) is 0 Å². The van der Waals surface area contributed by atoms with E-state index in [1.165, 1.54) is 0 Å². The zero-order valence-electron chi connectivity index (χ0n) is 16.7. The van der Waals surface area contributed by atoms with Gasteiger partial charge < -0.3 is 9.80 Å². The molecule has 2 aromatic carbocycles. The van der Waals surface area contributed by atoms with Crippen LogP contribution in [0.3, 0.4) is 0 Å². The molecule has 148 valence electrons. The van der Waals surface area contributed by atoms with E-state index < -0.39 is 10.0 Å². The molecule has 2 aromatic rings. The highest BCUT2D eigenvalue weighted by Gasteiger charge is 2.22. The highest BCUT2D eigenvalue weighted by Crippen LogP contribution is 2.25. The molecule has 1 N–H and O–H groups in total. The van der Waals surface area contributed by atoms with Gasteiger partial charge in [-0.05, 0) is 68.9 Å². The maximum Gasteiger partial charge on any atom is 0.240 e. The number of rotatable bonds is 7. The normalized spacial score (nSPS) is 13.0. The van der Waals surface area contributed by atoms with Gasteiger partial charge in [-0.3, -0.25) is 0 Å². The van der Waals surface area contributed by atoms with Crippen LogP contribution in [0.25, 0.3) is 0 Å². The van der Waals surface area contributed by atoms with E-state index in [-0.39, 0.29) is 17.5 Å². The summed E-state index contributed by atoms with van der Waals surface area (Å²) in [5.41, 5.74) is 3.53. The van der Waals surface area contributed by atoms with Crippen LogP contribution in [0.2, 0.25) is 5.02 Å². The largest absolute Gasteiger partial charge is 0.378 e. The molecule has 0 unspecified atom stereocenters. The minimum Gasteiger partial charge on any atom is -0.378 e. The standard InChI is InChI=1S/C20H28ClN3O2S/c1-14-12-20(15(2)11-18(14)21)27(25,26)22-13-19(24(5)6)16-7-9-17(10-8-16)23(3)4/h7-12,19,22H,13H2,1-6H3/t19-/m0/s1. The third-order valence-electron chi connectivity index (χ3n) is 4.63. The van der Waals surface area contributed by atoms with Gasteiger partial charge in [-0.2, -0.15) is 0 Å². The van der Waals surface area contributed by atoms with E-state index in [0.717, 1.165) is 16.8 Å². The molecule has 0 amide bonds. The Morgan fingerprint density at radius 1 is 1.00 bits per heavy atom. The van der Waals surface area contributed by atoms with Gasteiger partial charge in [0.15, 0.2) is 0 Å². The van der Waals surface area contributed by atoms with E-state index in [1.807, 2.05) is 62.3 Å². The van der Waals surface area contributed by atoms with Crippen LogP contribution in [0.15, 0.2) is 41.3 Å². The first-order chi connectivity index (χ1) is 12.5. The Balaban J connectivity index is 2.24. The van der Waals surface area contributed by atoms with Crippen molar-refractivity contribution in [1.82, 2.24) is 9.62 Å². The molecule has 0 saturated heterocycles. The predicted octanol–water partition coefficient (Wildman–Crippen LogP) is 3.60. The number of likely N-dealkylation sites (N-methyl/N-ethyl adjacent to an activating group) is 1. The molecule has 0 fully saturated rings. The summed E-state index contributed by atoms with van der Waals surface area (Å²) in [6.45, 7) is 3.83. The van der Waals surface area contributed by atoms with E-state index in [4.69, 9.17) is 11.6 Å². The molecule has 0 bridgehead atoms. The van der Waals surface area contributed by atoms with Crippen molar-refractivity contribution >= 4 is 27.3 Å². The SMILES string of the molecule is Cc1cc(S(=O)(=O)NC[C@@H](c2ccc(N(C)C)cc2)N(C)C)c(C)cc1Cl. The number of aryl methyl sites for hydroxylation is 2. The van der Waals surface area contributed by atoms with Crippen molar-refractivity contribution in [1.29, 1.82) is 0 Å². The molecule has 0 saturated carbocycles. The summed E-state index contributed by atoms with van der Waals surface area (Å²) >= 11 is 6.09. The van der Waals surface area contributed by atoms with Crippen molar-refractivity contribution < 1.29 is 8.42 Å². The number of anilines is 1. The summed E-state index contributed by atoms with van der Waals surface area (Å²) in [5, 5.41) is 0.568. The third kappa shape index (κ3) is 5.23. The van der Waals surface area contributed by atoms with Gasteiger partial charge >= 0.3 is 0 Å². The van der Waals surface area contributed by atoms with Crippen molar-refractivity contribution in [3.63, 3.8) is 0 Å². The van der Waals surface area contributed by atoms with Crippen molar-refractivity contribution in [3.8, 4) is 0 Å². The number of nitrogens with zero attached hydrogens (tertiary/aromatic N) is 2. The zero-order chi connectivity index (χ0) is 20.4. The fourth-order valence-electron chi connectivity index (χ4n) is 2.90. The van der Waals surface area contributed by atoms with Crippen LogP contribution >= 0.6 is 11.6 Å². The maximum absolute atomic E-state index is 12.8. The van der Waals surface area contributed by atoms with Gasteiger partial charge in [0.2, 0.25) is 10.0 Å². The quantitative estimate of drug-likeness (QED) is 0.759. The second-order valence-electron chi connectivity index (χ2n) is 7.18. The molecule has 2 rings (SSSR count). The van der Waals surface area contributed by atoms with Crippen LogP contribution in [0.4, 0.5) is 5.69 Å². The van der Waals surface area contributed by atoms with Gasteiger partial charge in [-0.25, -0.2) is 13.1 Å². The number of hydrogen-bond acceptors (Lipinski definition) is 4. The molecule has 1 atom stereocenters. The monoisotopic (exact) mass is 409 g/mol. The van der Waals surface area contributed by atoms with E-state index >= 15 is 0 Å². The van der Waals surface area contributed by atoms with Crippen molar-refractivity contribution in [2.45, 2.75) is 24.8 Å².